The molecular formula is C21H30N2O5. The van der Waals surface area contributed by atoms with Crippen LogP contribution in [0, 0.1) is 5.41 Å². The molecule has 1 aromatic heterocycles. The van der Waals surface area contributed by atoms with Crippen molar-refractivity contribution in [3.8, 4) is 11.5 Å². The number of ether oxygens (including phenoxy) is 2. The Bertz CT molecular complexity index is 912. The van der Waals surface area contributed by atoms with Gasteiger partial charge in [0.05, 0.1) is 19.1 Å². The lowest BCUT2D eigenvalue weighted by molar-refractivity contribution is 0.202. The van der Waals surface area contributed by atoms with E-state index in [1.165, 1.54) is 11.6 Å². The fourth-order valence-corrected chi connectivity index (χ4v) is 3.02. The Kier molecular flexibility index (Phi) is 6.59. The largest absolute Gasteiger partial charge is 0.497 e. The molecule has 7 heteroatoms. The van der Waals surface area contributed by atoms with Crippen LogP contribution in [-0.4, -0.2) is 36.5 Å². The first-order valence-electron chi connectivity index (χ1n) is 9.44. The van der Waals surface area contributed by atoms with Gasteiger partial charge in [0.15, 0.2) is 11.6 Å². The fraction of sp³-hybridized carbons (Fsp3) is 0.524. The maximum Gasteiger partial charge on any atom is 0.412 e. The third-order valence-corrected chi connectivity index (χ3v) is 4.39. The van der Waals surface area contributed by atoms with E-state index in [2.05, 4.69) is 6.92 Å². The smallest absolute Gasteiger partial charge is 0.412 e. The monoisotopic (exact) mass is 390 g/mol. The number of aromatic nitrogens is 1. The molecule has 2 rings (SSSR count). The molecule has 0 unspecified atom stereocenters. The Hall–Kier alpha value is -2.70. The first kappa shape index (κ1) is 21.6. The third-order valence-electron chi connectivity index (χ3n) is 4.39. The summed E-state index contributed by atoms with van der Waals surface area (Å²) < 4.78 is 12.8. The molecule has 0 spiro atoms. The van der Waals surface area contributed by atoms with Crippen LogP contribution in [0.1, 0.15) is 40.5 Å². The highest BCUT2D eigenvalue weighted by molar-refractivity contribution is 5.97. The molecule has 2 aromatic rings. The minimum atomic E-state index is -1.16. The van der Waals surface area contributed by atoms with Crippen LogP contribution in [0.5, 0.6) is 11.5 Å². The number of rotatable bonds is 7. The van der Waals surface area contributed by atoms with Crippen molar-refractivity contribution in [1.29, 1.82) is 0 Å². The van der Waals surface area contributed by atoms with E-state index in [1.54, 1.807) is 25.3 Å². The van der Waals surface area contributed by atoms with E-state index in [1.807, 2.05) is 20.8 Å². The van der Waals surface area contributed by atoms with E-state index in [0.29, 0.717) is 35.4 Å². The summed E-state index contributed by atoms with van der Waals surface area (Å²) in [5.41, 5.74) is -0.514. The summed E-state index contributed by atoms with van der Waals surface area (Å²) in [5, 5.41) is 10.7. The molecule has 0 bridgehead atoms. The summed E-state index contributed by atoms with van der Waals surface area (Å²) in [7, 11) is 2.97. The average Bonchev–Trinajstić information content (AvgIpc) is 2.63. The Morgan fingerprint density at radius 1 is 1.25 bits per heavy atom. The third kappa shape index (κ3) is 4.58. The second-order valence-electron chi connectivity index (χ2n) is 8.06. The molecule has 154 valence electrons. The standard InChI is InChI=1S/C21H30N2O5/c1-7-8-11-28-17-15-10-9-14(27-6)12-16(15)19(24)23(13-21(2,3)4)18(17)22(5)20(25)26/h9-10,12H,7-8,11,13H2,1-6H3,(H,25,26). The molecule has 0 fully saturated rings. The minimum absolute atomic E-state index is 0.245. The molecule has 0 aliphatic carbocycles. The van der Waals surface area contributed by atoms with E-state index >= 15 is 0 Å². The van der Waals surface area contributed by atoms with E-state index in [4.69, 9.17) is 9.47 Å². The Morgan fingerprint density at radius 3 is 2.46 bits per heavy atom. The molecular weight excluding hydrogens is 360 g/mol. The second kappa shape index (κ2) is 8.54. The van der Waals surface area contributed by atoms with Gasteiger partial charge in [-0.25, -0.2) is 4.79 Å². The molecule has 0 saturated heterocycles. The highest BCUT2D eigenvalue weighted by atomic mass is 16.5. The maximum atomic E-state index is 13.3. The number of anilines is 1. The predicted octanol–water partition coefficient (Wildman–Crippen LogP) is 4.35. The average molecular weight is 390 g/mol. The maximum absolute atomic E-state index is 13.3. The van der Waals surface area contributed by atoms with Crippen molar-refractivity contribution < 1.29 is 19.4 Å². The van der Waals surface area contributed by atoms with Crippen molar-refractivity contribution in [2.24, 2.45) is 5.41 Å². The molecule has 1 heterocycles. The zero-order valence-corrected chi connectivity index (χ0v) is 17.5. The van der Waals surface area contributed by atoms with Crippen molar-refractivity contribution in [1.82, 2.24) is 4.57 Å². The van der Waals surface area contributed by atoms with Gasteiger partial charge in [0.25, 0.3) is 5.56 Å². The molecule has 0 radical (unpaired) electrons. The van der Waals surface area contributed by atoms with Gasteiger partial charge in [0.1, 0.15) is 5.75 Å². The molecule has 1 N–H and O–H groups in total. The van der Waals surface area contributed by atoms with Crippen molar-refractivity contribution in [3.63, 3.8) is 0 Å². The number of unbranched alkanes of at least 4 members (excludes halogenated alkanes) is 1. The number of carboxylic acid groups (broad SMARTS) is 1. The minimum Gasteiger partial charge on any atom is -0.497 e. The van der Waals surface area contributed by atoms with Gasteiger partial charge in [0, 0.05) is 19.0 Å². The van der Waals surface area contributed by atoms with Gasteiger partial charge in [-0.1, -0.05) is 34.1 Å². The number of carbonyl (C=O) groups is 1. The van der Waals surface area contributed by atoms with Crippen molar-refractivity contribution in [3.05, 3.63) is 28.6 Å². The number of hydrogen-bond donors (Lipinski definition) is 1. The lowest BCUT2D eigenvalue weighted by Gasteiger charge is -2.28. The number of fused-ring (bicyclic) bond motifs is 1. The molecule has 7 nitrogen and oxygen atoms in total. The topological polar surface area (TPSA) is 81.0 Å². The number of benzene rings is 1. The summed E-state index contributed by atoms with van der Waals surface area (Å²) >= 11 is 0. The summed E-state index contributed by atoms with van der Waals surface area (Å²) in [6.45, 7) is 8.82. The molecule has 28 heavy (non-hydrogen) atoms. The Labute approximate surface area is 165 Å². The molecule has 0 saturated carbocycles. The predicted molar refractivity (Wildman–Crippen MR) is 111 cm³/mol. The van der Waals surface area contributed by atoms with E-state index in [0.717, 1.165) is 17.7 Å². The summed E-state index contributed by atoms with van der Waals surface area (Å²) in [6, 6.07) is 5.17. The van der Waals surface area contributed by atoms with E-state index < -0.39 is 6.09 Å². The number of pyridine rings is 1. The van der Waals surface area contributed by atoms with E-state index in [9.17, 15) is 14.7 Å². The zero-order chi connectivity index (χ0) is 21.1. The van der Waals surface area contributed by atoms with Gasteiger partial charge in [-0.2, -0.15) is 0 Å². The second-order valence-corrected chi connectivity index (χ2v) is 8.06. The van der Waals surface area contributed by atoms with Crippen LogP contribution >= 0.6 is 0 Å². The summed E-state index contributed by atoms with van der Waals surface area (Å²) in [4.78, 5) is 26.2. The summed E-state index contributed by atoms with van der Waals surface area (Å²) in [5.74, 6) is 1.21. The lowest BCUT2D eigenvalue weighted by atomic mass is 9.96. The van der Waals surface area contributed by atoms with Crippen molar-refractivity contribution >= 4 is 22.7 Å². The molecule has 0 aliphatic rings. The Morgan fingerprint density at radius 2 is 1.93 bits per heavy atom. The lowest BCUT2D eigenvalue weighted by Crippen LogP contribution is -2.35. The van der Waals surface area contributed by atoms with Gasteiger partial charge in [0.2, 0.25) is 0 Å². The normalized spacial score (nSPS) is 11.5. The van der Waals surface area contributed by atoms with Gasteiger partial charge in [-0.15, -0.1) is 0 Å². The molecule has 0 aliphatic heterocycles. The van der Waals surface area contributed by atoms with Crippen LogP contribution in [0.2, 0.25) is 0 Å². The quantitative estimate of drug-likeness (QED) is 0.711. The Balaban J connectivity index is 2.90. The van der Waals surface area contributed by atoms with Crippen LogP contribution in [0.4, 0.5) is 10.6 Å². The van der Waals surface area contributed by atoms with Gasteiger partial charge >= 0.3 is 6.09 Å². The van der Waals surface area contributed by atoms with Crippen LogP contribution < -0.4 is 19.9 Å². The van der Waals surface area contributed by atoms with Crippen molar-refractivity contribution in [2.45, 2.75) is 47.1 Å². The highest BCUT2D eigenvalue weighted by Crippen LogP contribution is 2.37. The number of amides is 1. The fourth-order valence-electron chi connectivity index (χ4n) is 3.02. The highest BCUT2D eigenvalue weighted by Gasteiger charge is 2.27. The van der Waals surface area contributed by atoms with Crippen LogP contribution in [-0.2, 0) is 6.54 Å². The van der Waals surface area contributed by atoms with Crippen LogP contribution in [0.15, 0.2) is 23.0 Å². The molecule has 1 aromatic carbocycles. The van der Waals surface area contributed by atoms with Crippen LogP contribution in [0.25, 0.3) is 10.8 Å². The van der Waals surface area contributed by atoms with E-state index in [-0.39, 0.29) is 16.8 Å². The number of hydrogen-bond acceptors (Lipinski definition) is 4. The van der Waals surface area contributed by atoms with Gasteiger partial charge in [-0.3, -0.25) is 14.3 Å². The first-order valence-corrected chi connectivity index (χ1v) is 9.44. The SMILES string of the molecule is CCCCOc1c(N(C)C(=O)O)n(CC(C)(C)C)c(=O)c2cc(OC)ccc12. The number of nitrogens with zero attached hydrogens (tertiary/aromatic N) is 2. The number of methoxy groups -OCH3 is 1. The van der Waals surface area contributed by atoms with Crippen molar-refractivity contribution in [2.75, 3.05) is 25.7 Å². The molecule has 0 atom stereocenters. The van der Waals surface area contributed by atoms with Gasteiger partial charge < -0.3 is 14.6 Å². The first-order chi connectivity index (χ1) is 13.1. The molecule has 1 amide bonds. The van der Waals surface area contributed by atoms with Gasteiger partial charge in [-0.05, 0) is 30.0 Å². The zero-order valence-electron chi connectivity index (χ0n) is 17.5. The summed E-state index contributed by atoms with van der Waals surface area (Å²) in [6.07, 6.45) is 0.610. The van der Waals surface area contributed by atoms with Crippen LogP contribution in [0.3, 0.4) is 0 Å².